The SMILES string of the molecule is CCC1(C(=O)O)C(COC(C)=O)NC(C)C(C)(C(=O)O)C1c1cccc(F)c1C(F)C(F)F. The van der Waals surface area contributed by atoms with Crippen LogP contribution < -0.4 is 5.32 Å². The zero-order valence-electron chi connectivity index (χ0n) is 18.6. The Morgan fingerprint density at radius 2 is 1.79 bits per heavy atom. The predicted octanol–water partition coefficient (Wildman–Crippen LogP) is 3.68. The summed E-state index contributed by atoms with van der Waals surface area (Å²) in [7, 11) is 0. The molecule has 3 N–H and O–H groups in total. The lowest BCUT2D eigenvalue weighted by Gasteiger charge is -2.56. The first kappa shape index (κ1) is 26.6. The number of esters is 1. The van der Waals surface area contributed by atoms with Crippen molar-refractivity contribution in [2.75, 3.05) is 6.61 Å². The first-order valence-electron chi connectivity index (χ1n) is 10.3. The molecule has 1 fully saturated rings. The topological polar surface area (TPSA) is 113 Å². The number of nitrogens with one attached hydrogen (secondary N) is 1. The number of hydrogen-bond donors (Lipinski definition) is 3. The summed E-state index contributed by atoms with van der Waals surface area (Å²) in [6, 6.07) is 0.733. The lowest BCUT2D eigenvalue weighted by Crippen LogP contribution is -2.70. The number of aliphatic carboxylic acids is 2. The molecule has 1 heterocycles. The lowest BCUT2D eigenvalue weighted by atomic mass is 9.50. The normalized spacial score (nSPS) is 30.6. The zero-order chi connectivity index (χ0) is 25.3. The monoisotopic (exact) mass is 477 g/mol. The fourth-order valence-electron chi connectivity index (χ4n) is 5.01. The van der Waals surface area contributed by atoms with E-state index in [1.54, 1.807) is 0 Å². The van der Waals surface area contributed by atoms with Gasteiger partial charge in [0, 0.05) is 24.4 Å². The molecule has 11 heteroatoms. The highest BCUT2D eigenvalue weighted by molar-refractivity contribution is 5.84. The van der Waals surface area contributed by atoms with Gasteiger partial charge >= 0.3 is 17.9 Å². The first-order valence-corrected chi connectivity index (χ1v) is 10.3. The summed E-state index contributed by atoms with van der Waals surface area (Å²) < 4.78 is 61.0. The largest absolute Gasteiger partial charge is 0.481 e. The van der Waals surface area contributed by atoms with E-state index in [9.17, 15) is 42.2 Å². The minimum absolute atomic E-state index is 0.261. The average molecular weight is 477 g/mol. The summed E-state index contributed by atoms with van der Waals surface area (Å²) in [6.07, 6.45) is -7.00. The Balaban J connectivity index is 2.96. The van der Waals surface area contributed by atoms with Gasteiger partial charge in [-0.3, -0.25) is 14.4 Å². The standard InChI is InChI=1S/C22H27F4NO6/c1-5-22(20(31)32)14(9-33-11(3)28)27-10(2)21(4,19(29)30)17(22)12-7-6-8-13(23)15(12)16(24)18(25)26/h6-8,10,14,16-18,27H,5,9H2,1-4H3,(H,29,30)(H,31,32). The number of carboxylic acids is 2. The second kappa shape index (κ2) is 9.66. The van der Waals surface area contributed by atoms with Crippen LogP contribution in [-0.2, 0) is 19.1 Å². The van der Waals surface area contributed by atoms with E-state index < -0.39 is 82.9 Å². The maximum Gasteiger partial charge on any atom is 0.312 e. The van der Waals surface area contributed by atoms with Crippen molar-refractivity contribution in [1.82, 2.24) is 5.32 Å². The van der Waals surface area contributed by atoms with Crippen molar-refractivity contribution in [3.63, 3.8) is 0 Å². The average Bonchev–Trinajstić information content (AvgIpc) is 2.72. The molecule has 0 spiro atoms. The molecule has 0 amide bonds. The second-order valence-electron chi connectivity index (χ2n) is 8.44. The van der Waals surface area contributed by atoms with E-state index in [2.05, 4.69) is 5.32 Å². The van der Waals surface area contributed by atoms with Gasteiger partial charge < -0.3 is 20.3 Å². The summed E-state index contributed by atoms with van der Waals surface area (Å²) in [5.74, 6) is -6.74. The van der Waals surface area contributed by atoms with Crippen LogP contribution in [0.15, 0.2) is 18.2 Å². The summed E-state index contributed by atoms with van der Waals surface area (Å²) in [6.45, 7) is 4.69. The Morgan fingerprint density at radius 3 is 2.24 bits per heavy atom. The minimum Gasteiger partial charge on any atom is -0.481 e. The molecule has 0 radical (unpaired) electrons. The summed E-state index contributed by atoms with van der Waals surface area (Å²) >= 11 is 0. The minimum atomic E-state index is -3.63. The van der Waals surface area contributed by atoms with Gasteiger partial charge in [0.05, 0.1) is 16.9 Å². The van der Waals surface area contributed by atoms with Crippen molar-refractivity contribution in [3.8, 4) is 0 Å². The van der Waals surface area contributed by atoms with Gasteiger partial charge in [-0.05, 0) is 31.9 Å². The molecule has 6 atom stereocenters. The maximum absolute atomic E-state index is 14.7. The van der Waals surface area contributed by atoms with E-state index in [-0.39, 0.29) is 6.42 Å². The van der Waals surface area contributed by atoms with Crippen LogP contribution in [0.3, 0.4) is 0 Å². The third-order valence-corrected chi connectivity index (χ3v) is 6.88. The summed E-state index contributed by atoms with van der Waals surface area (Å²) in [5.41, 5.74) is -5.63. The van der Waals surface area contributed by atoms with Crippen LogP contribution in [0.2, 0.25) is 0 Å². The van der Waals surface area contributed by atoms with E-state index in [4.69, 9.17) is 4.74 Å². The molecule has 0 saturated carbocycles. The van der Waals surface area contributed by atoms with Gasteiger partial charge in [-0.1, -0.05) is 19.1 Å². The number of benzene rings is 1. The summed E-state index contributed by atoms with van der Waals surface area (Å²) in [5, 5.41) is 23.4. The molecular formula is C22H27F4NO6. The Labute approximate surface area is 188 Å². The molecule has 33 heavy (non-hydrogen) atoms. The van der Waals surface area contributed by atoms with Crippen LogP contribution in [0.5, 0.6) is 0 Å². The Bertz CT molecular complexity index is 928. The van der Waals surface area contributed by atoms with E-state index >= 15 is 0 Å². The molecule has 1 aliphatic heterocycles. The number of carboxylic acid groups (broad SMARTS) is 2. The Kier molecular flexibility index (Phi) is 7.78. The van der Waals surface area contributed by atoms with Crippen molar-refractivity contribution in [2.45, 2.75) is 64.7 Å². The number of rotatable bonds is 8. The molecule has 2 rings (SSSR count). The van der Waals surface area contributed by atoms with Crippen molar-refractivity contribution < 1.29 is 46.9 Å². The molecule has 184 valence electrons. The predicted molar refractivity (Wildman–Crippen MR) is 108 cm³/mol. The Hall–Kier alpha value is -2.69. The van der Waals surface area contributed by atoms with E-state index in [1.165, 1.54) is 20.8 Å². The van der Waals surface area contributed by atoms with Crippen LogP contribution in [0.4, 0.5) is 17.6 Å². The molecule has 1 saturated heterocycles. The Morgan fingerprint density at radius 1 is 1.18 bits per heavy atom. The molecule has 0 bridgehead atoms. The van der Waals surface area contributed by atoms with E-state index in [1.807, 2.05) is 0 Å². The lowest BCUT2D eigenvalue weighted by molar-refractivity contribution is -0.176. The highest BCUT2D eigenvalue weighted by Gasteiger charge is 2.66. The van der Waals surface area contributed by atoms with Crippen LogP contribution in [-0.4, -0.2) is 53.2 Å². The highest BCUT2D eigenvalue weighted by Crippen LogP contribution is 2.58. The molecule has 6 unspecified atom stereocenters. The van der Waals surface area contributed by atoms with Crippen molar-refractivity contribution in [2.24, 2.45) is 10.8 Å². The quantitative estimate of drug-likeness (QED) is 0.387. The molecule has 1 aromatic rings. The second-order valence-corrected chi connectivity index (χ2v) is 8.44. The van der Waals surface area contributed by atoms with Crippen molar-refractivity contribution >= 4 is 17.9 Å². The number of carbonyl (C=O) groups is 3. The van der Waals surface area contributed by atoms with Gasteiger partial charge in [0.15, 0.2) is 6.17 Å². The fourth-order valence-corrected chi connectivity index (χ4v) is 5.01. The van der Waals surface area contributed by atoms with E-state index in [0.29, 0.717) is 0 Å². The van der Waals surface area contributed by atoms with Gasteiger partial charge in [0.1, 0.15) is 12.4 Å². The first-order chi connectivity index (χ1) is 15.3. The van der Waals surface area contributed by atoms with Gasteiger partial charge in [0.2, 0.25) is 0 Å². The van der Waals surface area contributed by atoms with Gasteiger partial charge in [-0.2, -0.15) is 0 Å². The van der Waals surface area contributed by atoms with Crippen LogP contribution in [0, 0.1) is 16.6 Å². The molecule has 7 nitrogen and oxygen atoms in total. The van der Waals surface area contributed by atoms with E-state index in [0.717, 1.165) is 25.1 Å². The number of ether oxygens (including phenoxy) is 1. The van der Waals surface area contributed by atoms with Gasteiger partial charge in [-0.25, -0.2) is 17.6 Å². The van der Waals surface area contributed by atoms with Crippen molar-refractivity contribution in [3.05, 3.63) is 35.1 Å². The molecule has 0 aliphatic carbocycles. The maximum atomic E-state index is 14.7. The van der Waals surface area contributed by atoms with Crippen molar-refractivity contribution in [1.29, 1.82) is 0 Å². The van der Waals surface area contributed by atoms with Crippen LogP contribution >= 0.6 is 0 Å². The van der Waals surface area contributed by atoms with Gasteiger partial charge in [0.25, 0.3) is 6.43 Å². The highest BCUT2D eigenvalue weighted by atomic mass is 19.3. The number of piperidine rings is 1. The molecule has 0 aromatic heterocycles. The fraction of sp³-hybridized carbons (Fsp3) is 0.591. The van der Waals surface area contributed by atoms with Gasteiger partial charge in [-0.15, -0.1) is 0 Å². The van der Waals surface area contributed by atoms with Crippen LogP contribution in [0.1, 0.15) is 57.3 Å². The number of carbonyl (C=O) groups excluding carboxylic acids is 1. The number of halogens is 4. The number of alkyl halides is 3. The van der Waals surface area contributed by atoms with Crippen LogP contribution in [0.25, 0.3) is 0 Å². The number of hydrogen-bond acceptors (Lipinski definition) is 5. The third kappa shape index (κ3) is 4.30. The smallest absolute Gasteiger partial charge is 0.312 e. The molecular weight excluding hydrogens is 450 g/mol. The summed E-state index contributed by atoms with van der Waals surface area (Å²) in [4.78, 5) is 36.7. The third-order valence-electron chi connectivity index (χ3n) is 6.88. The molecule has 1 aromatic carbocycles. The molecule has 1 aliphatic rings. The zero-order valence-corrected chi connectivity index (χ0v) is 18.6.